The molecule has 0 radical (unpaired) electrons. The number of hydrogen-bond acceptors (Lipinski definition) is 3. The third-order valence-electron chi connectivity index (χ3n) is 1.92. The van der Waals surface area contributed by atoms with Crippen molar-refractivity contribution in [3.63, 3.8) is 0 Å². The van der Waals surface area contributed by atoms with E-state index < -0.39 is 0 Å². The highest BCUT2D eigenvalue weighted by molar-refractivity contribution is 9.10. The van der Waals surface area contributed by atoms with Crippen LogP contribution in [0.25, 0.3) is 0 Å². The van der Waals surface area contributed by atoms with Gasteiger partial charge in [-0.05, 0) is 34.6 Å². The first-order valence-corrected chi connectivity index (χ1v) is 5.24. The topological polar surface area (TPSA) is 41.5 Å². The number of halogens is 1. The predicted molar refractivity (Wildman–Crippen MR) is 59.7 cm³/mol. The minimum Gasteiger partial charge on any atom is -0.506 e. The van der Waals surface area contributed by atoms with Crippen molar-refractivity contribution in [2.75, 3.05) is 13.7 Å². The number of benzene rings is 1. The molecule has 0 spiro atoms. The van der Waals surface area contributed by atoms with Crippen LogP contribution in [-0.2, 0) is 6.54 Å². The molecular formula is C10H14BrNO2. The molecule has 0 aromatic heterocycles. The van der Waals surface area contributed by atoms with Crippen LogP contribution in [0.15, 0.2) is 16.6 Å². The van der Waals surface area contributed by atoms with Crippen LogP contribution in [-0.4, -0.2) is 18.8 Å². The molecule has 3 nitrogen and oxygen atoms in total. The number of methoxy groups -OCH3 is 1. The molecule has 2 N–H and O–H groups in total. The van der Waals surface area contributed by atoms with Gasteiger partial charge >= 0.3 is 0 Å². The maximum Gasteiger partial charge on any atom is 0.134 e. The zero-order valence-electron chi connectivity index (χ0n) is 8.30. The smallest absolute Gasteiger partial charge is 0.134 e. The maximum absolute atomic E-state index is 9.70. The van der Waals surface area contributed by atoms with Crippen molar-refractivity contribution in [3.8, 4) is 11.5 Å². The molecule has 0 fully saturated rings. The Bertz CT molecular complexity index is 315. The average molecular weight is 260 g/mol. The highest BCUT2D eigenvalue weighted by Crippen LogP contribution is 2.32. The number of aromatic hydroxyl groups is 1. The molecule has 14 heavy (non-hydrogen) atoms. The minimum atomic E-state index is 0.270. The van der Waals surface area contributed by atoms with Gasteiger partial charge in [-0.15, -0.1) is 0 Å². The maximum atomic E-state index is 9.70. The predicted octanol–water partition coefficient (Wildman–Crippen LogP) is 2.27. The van der Waals surface area contributed by atoms with Gasteiger partial charge in [0.05, 0.1) is 11.6 Å². The molecule has 78 valence electrons. The number of rotatable bonds is 4. The molecule has 0 aliphatic carbocycles. The monoisotopic (exact) mass is 259 g/mol. The van der Waals surface area contributed by atoms with Crippen molar-refractivity contribution >= 4 is 15.9 Å². The van der Waals surface area contributed by atoms with E-state index in [2.05, 4.69) is 21.2 Å². The van der Waals surface area contributed by atoms with Crippen molar-refractivity contribution < 1.29 is 9.84 Å². The molecule has 0 heterocycles. The SMILES string of the molecule is CCNCc1cc(OC)cc(Br)c1O. The van der Waals surface area contributed by atoms with Crippen LogP contribution in [0, 0.1) is 0 Å². The van der Waals surface area contributed by atoms with Crippen molar-refractivity contribution in [2.45, 2.75) is 13.5 Å². The summed E-state index contributed by atoms with van der Waals surface area (Å²) in [5.41, 5.74) is 0.832. The zero-order valence-corrected chi connectivity index (χ0v) is 9.89. The highest BCUT2D eigenvalue weighted by atomic mass is 79.9. The summed E-state index contributed by atoms with van der Waals surface area (Å²) >= 11 is 3.27. The molecule has 0 saturated carbocycles. The van der Waals surface area contributed by atoms with Gasteiger partial charge in [-0.2, -0.15) is 0 Å². The molecule has 1 aromatic rings. The first kappa shape index (κ1) is 11.3. The van der Waals surface area contributed by atoms with Crippen LogP contribution in [0.1, 0.15) is 12.5 Å². The van der Waals surface area contributed by atoms with E-state index >= 15 is 0 Å². The summed E-state index contributed by atoms with van der Waals surface area (Å²) in [4.78, 5) is 0. The van der Waals surface area contributed by atoms with Crippen molar-refractivity contribution in [3.05, 3.63) is 22.2 Å². The minimum absolute atomic E-state index is 0.270. The molecule has 4 heteroatoms. The lowest BCUT2D eigenvalue weighted by Crippen LogP contribution is -2.11. The molecule has 0 saturated heterocycles. The summed E-state index contributed by atoms with van der Waals surface area (Å²) in [5.74, 6) is 1.01. The molecule has 1 aromatic carbocycles. The van der Waals surface area contributed by atoms with E-state index in [4.69, 9.17) is 4.74 Å². The van der Waals surface area contributed by atoms with Crippen LogP contribution in [0.4, 0.5) is 0 Å². The summed E-state index contributed by atoms with van der Waals surface area (Å²) < 4.78 is 5.76. The normalized spacial score (nSPS) is 10.2. The van der Waals surface area contributed by atoms with Gasteiger partial charge in [-0.25, -0.2) is 0 Å². The Morgan fingerprint density at radius 1 is 1.50 bits per heavy atom. The van der Waals surface area contributed by atoms with Gasteiger partial charge in [0.25, 0.3) is 0 Å². The lowest BCUT2D eigenvalue weighted by molar-refractivity contribution is 0.409. The quantitative estimate of drug-likeness (QED) is 0.872. The first-order valence-electron chi connectivity index (χ1n) is 4.45. The van der Waals surface area contributed by atoms with Crippen molar-refractivity contribution in [1.29, 1.82) is 0 Å². The van der Waals surface area contributed by atoms with Gasteiger partial charge < -0.3 is 15.2 Å². The van der Waals surface area contributed by atoms with E-state index in [0.717, 1.165) is 17.9 Å². The molecule has 0 unspecified atom stereocenters. The number of hydrogen-bond donors (Lipinski definition) is 2. The Labute approximate surface area is 92.2 Å². The highest BCUT2D eigenvalue weighted by Gasteiger charge is 2.07. The standard InChI is InChI=1S/C10H14BrNO2/c1-3-12-6-7-4-8(14-2)5-9(11)10(7)13/h4-5,12-13H,3,6H2,1-2H3. The van der Waals surface area contributed by atoms with Gasteiger partial charge in [0.15, 0.2) is 0 Å². The fourth-order valence-electron chi connectivity index (χ4n) is 1.14. The van der Waals surface area contributed by atoms with E-state index in [1.54, 1.807) is 13.2 Å². The summed E-state index contributed by atoms with van der Waals surface area (Å²) in [6.07, 6.45) is 0. The Balaban J connectivity index is 2.95. The van der Waals surface area contributed by atoms with Gasteiger partial charge in [-0.3, -0.25) is 0 Å². The van der Waals surface area contributed by atoms with Crippen LogP contribution in [0.2, 0.25) is 0 Å². The van der Waals surface area contributed by atoms with E-state index in [1.807, 2.05) is 13.0 Å². The Morgan fingerprint density at radius 2 is 2.21 bits per heavy atom. The summed E-state index contributed by atoms with van der Waals surface area (Å²) in [6.45, 7) is 3.53. The van der Waals surface area contributed by atoms with Crippen LogP contribution >= 0.6 is 15.9 Å². The Kier molecular flexibility index (Phi) is 4.22. The molecular weight excluding hydrogens is 246 g/mol. The van der Waals surface area contributed by atoms with E-state index in [1.165, 1.54) is 0 Å². The van der Waals surface area contributed by atoms with E-state index in [0.29, 0.717) is 11.0 Å². The zero-order chi connectivity index (χ0) is 10.6. The van der Waals surface area contributed by atoms with Gasteiger partial charge in [0, 0.05) is 12.1 Å². The summed E-state index contributed by atoms with van der Waals surface area (Å²) in [6, 6.07) is 3.56. The summed E-state index contributed by atoms with van der Waals surface area (Å²) in [5, 5.41) is 12.8. The second-order valence-electron chi connectivity index (χ2n) is 2.90. The van der Waals surface area contributed by atoms with Gasteiger partial charge in [-0.1, -0.05) is 6.92 Å². The van der Waals surface area contributed by atoms with Gasteiger partial charge in [0.1, 0.15) is 11.5 Å². The lowest BCUT2D eigenvalue weighted by Gasteiger charge is -2.09. The average Bonchev–Trinajstić information content (AvgIpc) is 2.20. The van der Waals surface area contributed by atoms with E-state index in [9.17, 15) is 5.11 Å². The second-order valence-corrected chi connectivity index (χ2v) is 3.75. The fraction of sp³-hybridized carbons (Fsp3) is 0.400. The third-order valence-corrected chi connectivity index (χ3v) is 2.52. The molecule has 0 aliphatic rings. The largest absolute Gasteiger partial charge is 0.506 e. The van der Waals surface area contributed by atoms with Crippen LogP contribution < -0.4 is 10.1 Å². The Morgan fingerprint density at radius 3 is 2.79 bits per heavy atom. The lowest BCUT2D eigenvalue weighted by atomic mass is 10.2. The molecule has 0 atom stereocenters. The van der Waals surface area contributed by atoms with Crippen LogP contribution in [0.3, 0.4) is 0 Å². The van der Waals surface area contributed by atoms with Crippen LogP contribution in [0.5, 0.6) is 11.5 Å². The van der Waals surface area contributed by atoms with Gasteiger partial charge in [0.2, 0.25) is 0 Å². The molecule has 1 rings (SSSR count). The third kappa shape index (κ3) is 2.62. The Hall–Kier alpha value is -0.740. The first-order chi connectivity index (χ1) is 6.69. The molecule has 0 bridgehead atoms. The summed E-state index contributed by atoms with van der Waals surface area (Å²) in [7, 11) is 1.61. The van der Waals surface area contributed by atoms with E-state index in [-0.39, 0.29) is 5.75 Å². The van der Waals surface area contributed by atoms with Crippen molar-refractivity contribution in [2.24, 2.45) is 0 Å². The number of nitrogens with one attached hydrogen (secondary N) is 1. The molecule has 0 aliphatic heterocycles. The number of phenolic OH excluding ortho intramolecular Hbond substituents is 1. The number of phenols is 1. The molecule has 0 amide bonds. The number of ether oxygens (including phenoxy) is 1. The second kappa shape index (κ2) is 5.22. The fourth-order valence-corrected chi connectivity index (χ4v) is 1.62. The van der Waals surface area contributed by atoms with Crippen molar-refractivity contribution in [1.82, 2.24) is 5.32 Å².